The van der Waals surface area contributed by atoms with E-state index >= 15 is 0 Å². The molecular weight excluding hydrogens is 542 g/mol. The number of aromatic hydroxyl groups is 1. The van der Waals surface area contributed by atoms with Gasteiger partial charge in [0.05, 0.1) is 0 Å². The first-order chi connectivity index (χ1) is 19.9. The van der Waals surface area contributed by atoms with Gasteiger partial charge in [0.15, 0.2) is 0 Å². The summed E-state index contributed by atoms with van der Waals surface area (Å²) >= 11 is 5.96. The highest BCUT2D eigenvalue weighted by molar-refractivity contribution is 6.30. The number of nitrogens with one attached hydrogen (secondary N) is 1. The number of benzene rings is 3. The van der Waals surface area contributed by atoms with Crippen LogP contribution in [0.3, 0.4) is 0 Å². The van der Waals surface area contributed by atoms with Crippen LogP contribution in [-0.4, -0.2) is 35.1 Å². The number of hydrogen-bond donors (Lipinski definition) is 2. The largest absolute Gasteiger partial charge is 0.508 e. The fourth-order valence-corrected chi connectivity index (χ4v) is 5.22. The predicted octanol–water partition coefficient (Wildman–Crippen LogP) is 5.94. The molecule has 1 unspecified atom stereocenters. The molecule has 1 fully saturated rings. The van der Waals surface area contributed by atoms with E-state index in [1.807, 2.05) is 42.5 Å². The number of rotatable bonds is 12. The number of amides is 1. The average molecular weight is 578 g/mol. The van der Waals surface area contributed by atoms with Gasteiger partial charge in [0.25, 0.3) is 0 Å². The van der Waals surface area contributed by atoms with Crippen LogP contribution in [0, 0.1) is 5.92 Å². The molecule has 1 aliphatic rings. The van der Waals surface area contributed by atoms with Gasteiger partial charge >= 0.3 is 11.9 Å². The minimum Gasteiger partial charge on any atom is -0.508 e. The minimum atomic E-state index is -1.25. The summed E-state index contributed by atoms with van der Waals surface area (Å²) in [7, 11) is 0. The molecule has 41 heavy (non-hydrogen) atoms. The number of halogens is 1. The van der Waals surface area contributed by atoms with Crippen molar-refractivity contribution in [2.45, 2.75) is 70.1 Å². The third-order valence-electron chi connectivity index (χ3n) is 7.32. The molecule has 0 heterocycles. The van der Waals surface area contributed by atoms with Crippen LogP contribution in [0.1, 0.15) is 55.2 Å². The normalized spacial score (nSPS) is 15.0. The molecule has 216 valence electrons. The lowest BCUT2D eigenvalue weighted by Crippen LogP contribution is -2.49. The summed E-state index contributed by atoms with van der Waals surface area (Å²) in [5.41, 5.74) is 2.38. The lowest BCUT2D eigenvalue weighted by Gasteiger charge is -2.30. The van der Waals surface area contributed by atoms with Crippen molar-refractivity contribution < 1.29 is 29.0 Å². The molecule has 2 N–H and O–H groups in total. The summed E-state index contributed by atoms with van der Waals surface area (Å²) in [6.07, 6.45) is 4.04. The average Bonchev–Trinajstić information content (AvgIpc) is 2.99. The smallest absolute Gasteiger partial charge is 0.348 e. The standard InChI is InChI=1S/C33H36ClNO6/c34-27-17-14-23(15-18-27)16-19-30(37)35-31(26-11-5-2-6-12-26)33(39)41-29(21-25-10-7-13-28(36)20-25)32(38)40-22-24-8-3-1-4-9-24/h1,3-4,7-10,13-15,17-18,20,26,29,31,36H,2,5-6,11-12,16,19,21-22H2,(H,35,37)/t29?,31-/m0/s1. The molecule has 0 saturated heterocycles. The molecule has 4 rings (SSSR count). The van der Waals surface area contributed by atoms with Crippen LogP contribution in [0.25, 0.3) is 0 Å². The monoisotopic (exact) mass is 577 g/mol. The lowest BCUT2D eigenvalue weighted by atomic mass is 9.83. The molecule has 3 aromatic rings. The van der Waals surface area contributed by atoms with Gasteiger partial charge in [-0.3, -0.25) is 4.79 Å². The first-order valence-corrected chi connectivity index (χ1v) is 14.5. The molecule has 0 spiro atoms. The van der Waals surface area contributed by atoms with Crippen molar-refractivity contribution in [2.75, 3.05) is 0 Å². The highest BCUT2D eigenvalue weighted by Gasteiger charge is 2.35. The molecule has 7 nitrogen and oxygen atoms in total. The number of hydrogen-bond acceptors (Lipinski definition) is 6. The van der Waals surface area contributed by atoms with E-state index in [-0.39, 0.29) is 37.0 Å². The molecule has 0 aromatic heterocycles. The Labute approximate surface area is 245 Å². The van der Waals surface area contributed by atoms with Gasteiger partial charge in [-0.1, -0.05) is 85.5 Å². The molecule has 8 heteroatoms. The Balaban J connectivity index is 1.46. The van der Waals surface area contributed by atoms with Crippen molar-refractivity contribution in [1.29, 1.82) is 0 Å². The van der Waals surface area contributed by atoms with Gasteiger partial charge in [0.2, 0.25) is 12.0 Å². The molecule has 0 aliphatic heterocycles. The summed E-state index contributed by atoms with van der Waals surface area (Å²) in [5, 5.41) is 13.5. The molecule has 0 radical (unpaired) electrons. The number of phenolic OH excluding ortho intramolecular Hbond substituents is 1. The quantitative estimate of drug-likeness (QED) is 0.258. The van der Waals surface area contributed by atoms with Gasteiger partial charge in [-0.2, -0.15) is 0 Å². The van der Waals surface area contributed by atoms with Gasteiger partial charge < -0.3 is 19.9 Å². The second kappa shape index (κ2) is 15.2. The zero-order chi connectivity index (χ0) is 29.0. The Kier molecular flexibility index (Phi) is 11.2. The van der Waals surface area contributed by atoms with Gasteiger partial charge in [-0.15, -0.1) is 0 Å². The number of ether oxygens (including phenoxy) is 2. The van der Waals surface area contributed by atoms with E-state index in [9.17, 15) is 19.5 Å². The van der Waals surface area contributed by atoms with Crippen LogP contribution in [-0.2, 0) is 43.3 Å². The van der Waals surface area contributed by atoms with E-state index in [2.05, 4.69) is 5.32 Å². The molecule has 1 saturated carbocycles. The Bertz CT molecular complexity index is 1290. The molecule has 3 aromatic carbocycles. The fraction of sp³-hybridized carbons (Fsp3) is 0.364. The molecule has 1 amide bonds. The van der Waals surface area contributed by atoms with Gasteiger partial charge in [0, 0.05) is 17.9 Å². The van der Waals surface area contributed by atoms with E-state index in [1.54, 1.807) is 24.3 Å². The lowest BCUT2D eigenvalue weighted by molar-refractivity contribution is -0.171. The summed E-state index contributed by atoms with van der Waals surface area (Å²) in [6, 6.07) is 22.1. The van der Waals surface area contributed by atoms with Gasteiger partial charge in [-0.05, 0) is 66.1 Å². The van der Waals surface area contributed by atoms with E-state index < -0.39 is 24.1 Å². The number of carbonyl (C=O) groups is 3. The van der Waals surface area contributed by atoms with Crippen molar-refractivity contribution in [2.24, 2.45) is 5.92 Å². The van der Waals surface area contributed by atoms with Crippen LogP contribution in [0.4, 0.5) is 0 Å². The maximum atomic E-state index is 13.6. The number of phenols is 1. The molecule has 0 bridgehead atoms. The summed E-state index contributed by atoms with van der Waals surface area (Å²) < 4.78 is 11.3. The zero-order valence-electron chi connectivity index (χ0n) is 23.0. The van der Waals surface area contributed by atoms with Gasteiger partial charge in [-0.25, -0.2) is 9.59 Å². The van der Waals surface area contributed by atoms with E-state index in [4.69, 9.17) is 21.1 Å². The van der Waals surface area contributed by atoms with Crippen LogP contribution < -0.4 is 5.32 Å². The number of carbonyl (C=O) groups excluding carboxylic acids is 3. The van der Waals surface area contributed by atoms with Crippen LogP contribution in [0.15, 0.2) is 78.9 Å². The van der Waals surface area contributed by atoms with Crippen LogP contribution in [0.5, 0.6) is 5.75 Å². The first-order valence-electron chi connectivity index (χ1n) is 14.1. The zero-order valence-corrected chi connectivity index (χ0v) is 23.7. The summed E-state index contributed by atoms with van der Waals surface area (Å²) in [6.45, 7) is 0.0290. The summed E-state index contributed by atoms with van der Waals surface area (Å²) in [5.74, 6) is -1.65. The maximum absolute atomic E-state index is 13.6. The third kappa shape index (κ3) is 9.64. The highest BCUT2D eigenvalue weighted by atomic mass is 35.5. The van der Waals surface area contributed by atoms with Gasteiger partial charge in [0.1, 0.15) is 18.4 Å². The topological polar surface area (TPSA) is 102 Å². The SMILES string of the molecule is O=C(CCc1ccc(Cl)cc1)N[C@H](C(=O)OC(Cc1cccc(O)c1)C(=O)OCc1ccccc1)C1CCCCC1. The molecule has 2 atom stereocenters. The summed E-state index contributed by atoms with van der Waals surface area (Å²) in [4.78, 5) is 39.8. The fourth-order valence-electron chi connectivity index (χ4n) is 5.10. The van der Waals surface area contributed by atoms with Crippen LogP contribution in [0.2, 0.25) is 5.02 Å². The minimum absolute atomic E-state index is 0.0235. The van der Waals surface area contributed by atoms with Crippen molar-refractivity contribution in [1.82, 2.24) is 5.32 Å². The predicted molar refractivity (Wildman–Crippen MR) is 156 cm³/mol. The van der Waals surface area contributed by atoms with E-state index in [0.29, 0.717) is 17.0 Å². The Morgan fingerprint density at radius 3 is 2.27 bits per heavy atom. The molecule has 1 aliphatic carbocycles. The first kappa shape index (κ1) is 30.1. The van der Waals surface area contributed by atoms with Crippen molar-refractivity contribution in [3.8, 4) is 5.75 Å². The Hall–Kier alpha value is -3.84. The Morgan fingerprint density at radius 2 is 1.56 bits per heavy atom. The van der Waals surface area contributed by atoms with Crippen molar-refractivity contribution in [3.05, 3.63) is 101 Å². The van der Waals surface area contributed by atoms with Crippen LogP contribution >= 0.6 is 11.6 Å². The van der Waals surface area contributed by atoms with E-state index in [0.717, 1.165) is 43.2 Å². The van der Waals surface area contributed by atoms with Crippen molar-refractivity contribution >= 4 is 29.4 Å². The third-order valence-corrected chi connectivity index (χ3v) is 7.57. The number of aryl methyl sites for hydroxylation is 1. The van der Waals surface area contributed by atoms with E-state index in [1.165, 1.54) is 12.1 Å². The highest BCUT2D eigenvalue weighted by Crippen LogP contribution is 2.28. The number of esters is 2. The maximum Gasteiger partial charge on any atom is 0.348 e. The second-order valence-electron chi connectivity index (χ2n) is 10.5. The second-order valence-corrected chi connectivity index (χ2v) is 10.9. The molecular formula is C33H36ClNO6. The Morgan fingerprint density at radius 1 is 0.854 bits per heavy atom. The van der Waals surface area contributed by atoms with Crippen molar-refractivity contribution in [3.63, 3.8) is 0 Å².